The zero-order chi connectivity index (χ0) is 22.1. The summed E-state index contributed by atoms with van der Waals surface area (Å²) in [7, 11) is 0. The third-order valence-corrected chi connectivity index (χ3v) is 6.48. The predicted molar refractivity (Wildman–Crippen MR) is 118 cm³/mol. The molecule has 0 spiro atoms. The van der Waals surface area contributed by atoms with E-state index in [0.29, 0.717) is 17.7 Å². The lowest BCUT2D eigenvalue weighted by molar-refractivity contribution is -0.122. The van der Waals surface area contributed by atoms with Crippen molar-refractivity contribution < 1.29 is 13.9 Å². The van der Waals surface area contributed by atoms with Crippen LogP contribution in [-0.2, 0) is 42.2 Å². The first-order valence-corrected chi connectivity index (χ1v) is 11.4. The molecular weight excluding hydrogens is 410 g/mol. The molecule has 1 amide bonds. The van der Waals surface area contributed by atoms with Crippen molar-refractivity contribution in [1.29, 1.82) is 0 Å². The molecule has 0 aliphatic carbocycles. The van der Waals surface area contributed by atoms with E-state index in [9.17, 15) is 9.59 Å². The molecular formula is C23H29N5O4. The van der Waals surface area contributed by atoms with Crippen LogP contribution in [0, 0.1) is 0 Å². The number of piperidine rings is 1. The van der Waals surface area contributed by atoms with Gasteiger partial charge in [-0.15, -0.1) is 0 Å². The minimum absolute atomic E-state index is 0.0311. The number of carbonyl (C=O) groups excluding carboxylic acids is 1. The van der Waals surface area contributed by atoms with Gasteiger partial charge in [-0.05, 0) is 31.9 Å². The first-order chi connectivity index (χ1) is 15.6. The van der Waals surface area contributed by atoms with Crippen molar-refractivity contribution in [3.8, 4) is 0 Å². The number of ether oxygens (including phenoxy) is 1. The summed E-state index contributed by atoms with van der Waals surface area (Å²) in [6.07, 6.45) is 2.68. The molecule has 32 heavy (non-hydrogen) atoms. The van der Waals surface area contributed by atoms with Crippen LogP contribution in [0.2, 0.25) is 0 Å². The molecule has 9 heteroatoms. The molecule has 1 N–H and O–H groups in total. The minimum Gasteiger partial charge on any atom is -0.408 e. The van der Waals surface area contributed by atoms with Crippen LogP contribution in [0.4, 0.5) is 0 Å². The number of para-hydroxylation sites is 2. The summed E-state index contributed by atoms with van der Waals surface area (Å²) in [5.41, 5.74) is 4.83. The second-order valence-electron chi connectivity index (χ2n) is 8.53. The molecule has 0 radical (unpaired) electrons. The summed E-state index contributed by atoms with van der Waals surface area (Å²) in [5, 5.41) is 7.92. The zero-order valence-corrected chi connectivity index (χ0v) is 18.4. The van der Waals surface area contributed by atoms with Gasteiger partial charge < -0.3 is 14.5 Å². The molecule has 170 valence electrons. The molecule has 0 bridgehead atoms. The van der Waals surface area contributed by atoms with E-state index in [1.54, 1.807) is 18.2 Å². The van der Waals surface area contributed by atoms with Crippen molar-refractivity contribution >= 4 is 17.0 Å². The van der Waals surface area contributed by atoms with E-state index in [2.05, 4.69) is 21.8 Å². The van der Waals surface area contributed by atoms with Crippen molar-refractivity contribution in [2.24, 2.45) is 0 Å². The molecule has 0 saturated carbocycles. The number of aryl methyl sites for hydroxylation is 1. The average Bonchev–Trinajstić information content (AvgIpc) is 3.32. The number of nitrogens with zero attached hydrogens (tertiary/aromatic N) is 4. The third kappa shape index (κ3) is 4.10. The van der Waals surface area contributed by atoms with E-state index in [1.165, 1.54) is 15.8 Å². The Hall–Kier alpha value is -2.91. The van der Waals surface area contributed by atoms with Crippen molar-refractivity contribution in [2.45, 2.75) is 58.5 Å². The largest absolute Gasteiger partial charge is 0.420 e. The highest BCUT2D eigenvalue weighted by Gasteiger charge is 2.25. The Bertz CT molecular complexity index is 1170. The van der Waals surface area contributed by atoms with Gasteiger partial charge in [0.2, 0.25) is 5.91 Å². The Labute approximate surface area is 185 Å². The second-order valence-corrected chi connectivity index (χ2v) is 8.53. The number of benzene rings is 1. The lowest BCUT2D eigenvalue weighted by Crippen LogP contribution is -2.45. The topological polar surface area (TPSA) is 94.5 Å². The van der Waals surface area contributed by atoms with Gasteiger partial charge in [0, 0.05) is 49.9 Å². The standard InChI is InChI=1S/C23H29N5O4/c1-2-28-19-9-12-31-15-17(19)18(25-28)13-26-10-7-16(8-11-26)24-22(29)14-27-20-5-3-4-6-21(20)32-23(27)30/h3-6,16H,2,7-15H2,1H3,(H,24,29). The van der Waals surface area contributed by atoms with E-state index in [0.717, 1.165) is 57.7 Å². The highest BCUT2D eigenvalue weighted by atomic mass is 16.5. The van der Waals surface area contributed by atoms with E-state index < -0.39 is 5.76 Å². The molecule has 1 fully saturated rings. The van der Waals surface area contributed by atoms with Crippen molar-refractivity contribution in [2.75, 3.05) is 19.7 Å². The van der Waals surface area contributed by atoms with Crippen LogP contribution in [0.15, 0.2) is 33.5 Å². The number of hydrogen-bond acceptors (Lipinski definition) is 6. The fraction of sp³-hybridized carbons (Fsp3) is 0.522. The fourth-order valence-corrected chi connectivity index (χ4v) is 4.79. The maximum absolute atomic E-state index is 12.6. The van der Waals surface area contributed by atoms with E-state index in [1.807, 2.05) is 6.07 Å². The molecule has 1 aromatic carbocycles. The van der Waals surface area contributed by atoms with Crippen LogP contribution in [0.3, 0.4) is 0 Å². The molecule has 3 aromatic rings. The highest BCUT2D eigenvalue weighted by molar-refractivity contribution is 5.79. The van der Waals surface area contributed by atoms with Gasteiger partial charge in [-0.25, -0.2) is 4.79 Å². The maximum Gasteiger partial charge on any atom is 0.420 e. The molecule has 2 aliphatic rings. The third-order valence-electron chi connectivity index (χ3n) is 6.48. The van der Waals surface area contributed by atoms with Crippen LogP contribution in [-0.4, -0.2) is 50.9 Å². The number of fused-ring (bicyclic) bond motifs is 2. The smallest absolute Gasteiger partial charge is 0.408 e. The van der Waals surface area contributed by atoms with Gasteiger partial charge >= 0.3 is 5.76 Å². The molecule has 2 aliphatic heterocycles. The Morgan fingerprint density at radius 3 is 2.88 bits per heavy atom. The lowest BCUT2D eigenvalue weighted by Gasteiger charge is -2.32. The molecule has 9 nitrogen and oxygen atoms in total. The minimum atomic E-state index is -0.505. The van der Waals surface area contributed by atoms with Gasteiger partial charge in [-0.3, -0.25) is 18.9 Å². The van der Waals surface area contributed by atoms with E-state index in [4.69, 9.17) is 14.3 Å². The van der Waals surface area contributed by atoms with Crippen LogP contribution in [0.25, 0.3) is 11.1 Å². The van der Waals surface area contributed by atoms with Crippen LogP contribution in [0.5, 0.6) is 0 Å². The van der Waals surface area contributed by atoms with Crippen LogP contribution in [0.1, 0.15) is 36.7 Å². The first kappa shape index (κ1) is 21.0. The van der Waals surface area contributed by atoms with Gasteiger partial charge in [0.1, 0.15) is 6.54 Å². The summed E-state index contributed by atoms with van der Waals surface area (Å²) in [6.45, 7) is 7.00. The average molecular weight is 440 g/mol. The van der Waals surface area contributed by atoms with E-state index >= 15 is 0 Å². The summed E-state index contributed by atoms with van der Waals surface area (Å²) in [6, 6.07) is 7.26. The van der Waals surface area contributed by atoms with Gasteiger partial charge in [-0.1, -0.05) is 12.1 Å². The number of amides is 1. The fourth-order valence-electron chi connectivity index (χ4n) is 4.79. The van der Waals surface area contributed by atoms with Gasteiger partial charge in [0.25, 0.3) is 0 Å². The van der Waals surface area contributed by atoms with Crippen molar-refractivity contribution in [3.05, 3.63) is 51.8 Å². The number of oxazole rings is 1. The molecule has 0 unspecified atom stereocenters. The number of hydrogen-bond donors (Lipinski definition) is 1. The number of likely N-dealkylation sites (tertiary alicyclic amines) is 1. The zero-order valence-electron chi connectivity index (χ0n) is 18.4. The molecule has 0 atom stereocenters. The van der Waals surface area contributed by atoms with Gasteiger partial charge in [0.15, 0.2) is 5.58 Å². The Balaban J connectivity index is 1.16. The van der Waals surface area contributed by atoms with E-state index in [-0.39, 0.29) is 18.5 Å². The molecule has 5 rings (SSSR count). The Morgan fingerprint density at radius 2 is 2.06 bits per heavy atom. The monoisotopic (exact) mass is 439 g/mol. The normalized spacial score (nSPS) is 17.5. The number of aromatic nitrogens is 3. The Kier molecular flexibility index (Phi) is 5.84. The summed E-state index contributed by atoms with van der Waals surface area (Å²) in [4.78, 5) is 27.1. The van der Waals surface area contributed by atoms with Crippen LogP contribution >= 0.6 is 0 Å². The van der Waals surface area contributed by atoms with Crippen molar-refractivity contribution in [3.63, 3.8) is 0 Å². The highest BCUT2D eigenvalue weighted by Crippen LogP contribution is 2.23. The Morgan fingerprint density at radius 1 is 1.25 bits per heavy atom. The van der Waals surface area contributed by atoms with Crippen molar-refractivity contribution in [1.82, 2.24) is 24.6 Å². The lowest BCUT2D eigenvalue weighted by atomic mass is 10.0. The quantitative estimate of drug-likeness (QED) is 0.628. The molecule has 4 heterocycles. The second kappa shape index (κ2) is 8.91. The predicted octanol–water partition coefficient (Wildman–Crippen LogP) is 1.66. The summed E-state index contributed by atoms with van der Waals surface area (Å²) < 4.78 is 14.4. The maximum atomic E-state index is 12.6. The van der Waals surface area contributed by atoms with Gasteiger partial charge in [0.05, 0.1) is 24.4 Å². The molecule has 2 aromatic heterocycles. The number of nitrogens with one attached hydrogen (secondary N) is 1. The number of rotatable bonds is 6. The number of carbonyl (C=O) groups is 1. The van der Waals surface area contributed by atoms with Crippen LogP contribution < -0.4 is 11.1 Å². The SMILES string of the molecule is CCn1nc(CN2CCC(NC(=O)Cn3c(=O)oc4ccccc43)CC2)c2c1CCOC2. The van der Waals surface area contributed by atoms with Gasteiger partial charge in [-0.2, -0.15) is 5.10 Å². The first-order valence-electron chi connectivity index (χ1n) is 11.4. The molecule has 1 saturated heterocycles. The summed E-state index contributed by atoms with van der Waals surface area (Å²) >= 11 is 0. The summed E-state index contributed by atoms with van der Waals surface area (Å²) in [5.74, 6) is -0.667.